The Morgan fingerprint density at radius 3 is 2.50 bits per heavy atom. The number of urea groups is 1. The maximum atomic E-state index is 11.9. The van der Waals surface area contributed by atoms with Crippen molar-refractivity contribution in [3.05, 3.63) is 29.8 Å². The smallest absolute Gasteiger partial charge is 0.325 e. The number of Topliss-reactive ketones (excluding diaryl/α,β-unsaturated/α-hetero) is 1. The first-order chi connectivity index (χ1) is 8.61. The summed E-state index contributed by atoms with van der Waals surface area (Å²) in [6.07, 6.45) is 0. The molecule has 2 rings (SSSR count). The van der Waals surface area contributed by atoms with Crippen molar-refractivity contribution in [2.24, 2.45) is 0 Å². The average Bonchev–Trinajstić information content (AvgIpc) is 2.70. The van der Waals surface area contributed by atoms with Gasteiger partial charge in [0.2, 0.25) is 5.91 Å². The fourth-order valence-electron chi connectivity index (χ4n) is 1.63. The highest BCUT2D eigenvalue weighted by molar-refractivity contribution is 6.07. The minimum Gasteiger partial charge on any atom is -0.497 e. The van der Waals surface area contributed by atoms with E-state index in [1.54, 1.807) is 24.3 Å². The van der Waals surface area contributed by atoms with Gasteiger partial charge in [0.1, 0.15) is 5.75 Å². The van der Waals surface area contributed by atoms with Gasteiger partial charge in [0.15, 0.2) is 5.78 Å². The Bertz CT molecular complexity index is 479. The van der Waals surface area contributed by atoms with E-state index in [1.165, 1.54) is 7.11 Å². The van der Waals surface area contributed by atoms with Crippen molar-refractivity contribution in [2.45, 2.75) is 0 Å². The lowest BCUT2D eigenvalue weighted by Gasteiger charge is -2.11. The molecular formula is C12H12N2O4. The van der Waals surface area contributed by atoms with Gasteiger partial charge in [0.25, 0.3) is 0 Å². The van der Waals surface area contributed by atoms with Crippen molar-refractivity contribution in [1.29, 1.82) is 0 Å². The lowest BCUT2D eigenvalue weighted by molar-refractivity contribution is -0.124. The number of ether oxygens (including phenoxy) is 1. The van der Waals surface area contributed by atoms with Crippen LogP contribution in [0.5, 0.6) is 5.75 Å². The molecule has 0 aromatic heterocycles. The molecule has 1 aromatic carbocycles. The number of nitrogens with one attached hydrogen (secondary N) is 1. The number of hydrogen-bond donors (Lipinski definition) is 1. The topological polar surface area (TPSA) is 75.7 Å². The van der Waals surface area contributed by atoms with Crippen LogP contribution in [0.4, 0.5) is 4.79 Å². The van der Waals surface area contributed by atoms with Crippen LogP contribution in [-0.2, 0) is 4.79 Å². The molecule has 0 spiro atoms. The Morgan fingerprint density at radius 2 is 2.00 bits per heavy atom. The number of ketones is 1. The Morgan fingerprint density at radius 1 is 1.33 bits per heavy atom. The molecule has 0 unspecified atom stereocenters. The summed E-state index contributed by atoms with van der Waals surface area (Å²) in [4.78, 5) is 35.4. The van der Waals surface area contributed by atoms with Gasteiger partial charge >= 0.3 is 6.03 Å². The Balaban J connectivity index is 2.07. The monoisotopic (exact) mass is 248 g/mol. The molecule has 18 heavy (non-hydrogen) atoms. The largest absolute Gasteiger partial charge is 0.497 e. The minimum atomic E-state index is -0.526. The van der Waals surface area contributed by atoms with E-state index in [1.807, 2.05) is 0 Å². The molecule has 1 saturated heterocycles. The number of rotatable bonds is 4. The molecule has 0 bridgehead atoms. The molecule has 6 nitrogen and oxygen atoms in total. The third kappa shape index (κ3) is 2.32. The first-order valence-corrected chi connectivity index (χ1v) is 5.37. The number of nitrogens with zero attached hydrogens (tertiary/aromatic N) is 1. The molecule has 0 saturated carbocycles. The summed E-state index contributed by atoms with van der Waals surface area (Å²) < 4.78 is 4.98. The van der Waals surface area contributed by atoms with Crippen molar-refractivity contribution in [2.75, 3.05) is 20.2 Å². The second-order valence-electron chi connectivity index (χ2n) is 3.79. The third-order valence-corrected chi connectivity index (χ3v) is 2.65. The summed E-state index contributed by atoms with van der Waals surface area (Å²) in [7, 11) is 1.53. The van der Waals surface area contributed by atoms with Crippen LogP contribution in [0.3, 0.4) is 0 Å². The lowest BCUT2D eigenvalue weighted by atomic mass is 10.1. The van der Waals surface area contributed by atoms with Crippen molar-refractivity contribution in [3.8, 4) is 5.75 Å². The lowest BCUT2D eigenvalue weighted by Crippen LogP contribution is -2.35. The molecule has 0 aliphatic carbocycles. The van der Waals surface area contributed by atoms with Gasteiger partial charge in [-0.15, -0.1) is 0 Å². The third-order valence-electron chi connectivity index (χ3n) is 2.65. The van der Waals surface area contributed by atoms with Crippen LogP contribution in [0.1, 0.15) is 10.4 Å². The molecule has 1 aromatic rings. The van der Waals surface area contributed by atoms with Gasteiger partial charge in [0.05, 0.1) is 20.2 Å². The van der Waals surface area contributed by atoms with Gasteiger partial charge < -0.3 is 10.1 Å². The molecule has 94 valence electrons. The summed E-state index contributed by atoms with van der Waals surface area (Å²) in [6, 6.07) is 5.97. The second-order valence-corrected chi connectivity index (χ2v) is 3.79. The highest BCUT2D eigenvalue weighted by atomic mass is 16.5. The number of amides is 3. The molecule has 1 fully saturated rings. The number of hydrogen-bond acceptors (Lipinski definition) is 4. The Hall–Kier alpha value is -2.37. The van der Waals surface area contributed by atoms with E-state index in [-0.39, 0.29) is 24.8 Å². The maximum absolute atomic E-state index is 11.9. The fourth-order valence-corrected chi connectivity index (χ4v) is 1.63. The molecule has 6 heteroatoms. The summed E-state index contributed by atoms with van der Waals surface area (Å²) in [6.45, 7) is -0.286. The zero-order valence-corrected chi connectivity index (χ0v) is 9.80. The average molecular weight is 248 g/mol. The molecule has 1 aliphatic heterocycles. The Labute approximate surface area is 104 Å². The van der Waals surface area contributed by atoms with Crippen LogP contribution >= 0.6 is 0 Å². The normalized spacial score (nSPS) is 14.6. The van der Waals surface area contributed by atoms with Gasteiger partial charge in [-0.25, -0.2) is 4.79 Å². The predicted octanol–water partition coefficient (Wildman–Crippen LogP) is 0.430. The number of benzene rings is 1. The van der Waals surface area contributed by atoms with E-state index in [0.29, 0.717) is 11.3 Å². The quantitative estimate of drug-likeness (QED) is 0.619. The van der Waals surface area contributed by atoms with Crippen molar-refractivity contribution < 1.29 is 19.1 Å². The number of methoxy groups -OCH3 is 1. The number of carbonyl (C=O) groups excluding carboxylic acids is 3. The number of carbonyl (C=O) groups is 3. The van der Waals surface area contributed by atoms with E-state index in [0.717, 1.165) is 4.90 Å². The molecule has 0 atom stereocenters. The van der Waals surface area contributed by atoms with Crippen LogP contribution in [0, 0.1) is 0 Å². The van der Waals surface area contributed by atoms with Crippen LogP contribution in [0.2, 0.25) is 0 Å². The summed E-state index contributed by atoms with van der Waals surface area (Å²) in [5.74, 6) is -0.0357. The molecule has 3 amide bonds. The zero-order chi connectivity index (χ0) is 13.1. The minimum absolute atomic E-state index is 0.0469. The zero-order valence-electron chi connectivity index (χ0n) is 9.80. The molecule has 1 heterocycles. The first-order valence-electron chi connectivity index (χ1n) is 5.37. The summed E-state index contributed by atoms with van der Waals surface area (Å²) in [5, 5.41) is 2.36. The molecule has 0 radical (unpaired) electrons. The fraction of sp³-hybridized carbons (Fsp3) is 0.250. The SMILES string of the molecule is COc1ccc(C(=O)CN2C(=O)CNC2=O)cc1. The summed E-state index contributed by atoms with van der Waals surface area (Å²) >= 11 is 0. The highest BCUT2D eigenvalue weighted by Crippen LogP contribution is 2.12. The van der Waals surface area contributed by atoms with Gasteiger partial charge in [-0.05, 0) is 24.3 Å². The van der Waals surface area contributed by atoms with Gasteiger partial charge in [-0.2, -0.15) is 0 Å². The molecular weight excluding hydrogens is 236 g/mol. The standard InChI is InChI=1S/C12H12N2O4/c1-18-9-4-2-8(3-5-9)10(15)7-14-11(16)6-13-12(14)17/h2-5H,6-7H2,1H3,(H,13,17). The number of imide groups is 1. The first kappa shape index (κ1) is 12.1. The van der Waals surface area contributed by atoms with E-state index < -0.39 is 6.03 Å². The highest BCUT2D eigenvalue weighted by Gasteiger charge is 2.30. The van der Waals surface area contributed by atoms with E-state index in [9.17, 15) is 14.4 Å². The Kier molecular flexibility index (Phi) is 3.27. The van der Waals surface area contributed by atoms with Gasteiger partial charge in [-0.3, -0.25) is 14.5 Å². The van der Waals surface area contributed by atoms with Crippen molar-refractivity contribution >= 4 is 17.7 Å². The van der Waals surface area contributed by atoms with Crippen LogP contribution in [0.15, 0.2) is 24.3 Å². The van der Waals surface area contributed by atoms with Crippen molar-refractivity contribution in [3.63, 3.8) is 0 Å². The maximum Gasteiger partial charge on any atom is 0.325 e. The predicted molar refractivity (Wildman–Crippen MR) is 62.4 cm³/mol. The van der Waals surface area contributed by atoms with Gasteiger partial charge in [0, 0.05) is 5.56 Å². The van der Waals surface area contributed by atoms with Crippen LogP contribution < -0.4 is 10.1 Å². The summed E-state index contributed by atoms with van der Waals surface area (Å²) in [5.41, 5.74) is 0.434. The van der Waals surface area contributed by atoms with Crippen molar-refractivity contribution in [1.82, 2.24) is 10.2 Å². The van der Waals surface area contributed by atoms with E-state index in [2.05, 4.69) is 5.32 Å². The van der Waals surface area contributed by atoms with E-state index >= 15 is 0 Å². The molecule has 1 N–H and O–H groups in total. The second kappa shape index (κ2) is 4.87. The molecule has 1 aliphatic rings. The van der Waals surface area contributed by atoms with Crippen LogP contribution in [0.25, 0.3) is 0 Å². The van der Waals surface area contributed by atoms with E-state index in [4.69, 9.17) is 4.74 Å². The van der Waals surface area contributed by atoms with Crippen LogP contribution in [-0.4, -0.2) is 42.8 Å². The van der Waals surface area contributed by atoms with Gasteiger partial charge in [-0.1, -0.05) is 0 Å².